The maximum absolute atomic E-state index is 12.7. The lowest BCUT2D eigenvalue weighted by molar-refractivity contribution is -0.137. The monoisotopic (exact) mass is 264 g/mol. The minimum absolute atomic E-state index is 0.0392. The summed E-state index contributed by atoms with van der Waals surface area (Å²) < 4.78 is 0. The van der Waals surface area contributed by atoms with Crippen molar-refractivity contribution in [3.8, 4) is 0 Å². The van der Waals surface area contributed by atoms with Gasteiger partial charge in [0, 0.05) is 5.38 Å². The molecule has 2 amide bonds. The fourth-order valence-electron chi connectivity index (χ4n) is 2.97. The van der Waals surface area contributed by atoms with Gasteiger partial charge in [-0.3, -0.25) is 14.5 Å². The van der Waals surface area contributed by atoms with Crippen LogP contribution in [0.15, 0.2) is 16.8 Å². The highest BCUT2D eigenvalue weighted by Gasteiger charge is 2.51. The molecule has 4 nitrogen and oxygen atoms in total. The molecule has 2 aliphatic rings. The number of piperazine rings is 1. The fraction of sp³-hybridized carbons (Fsp3) is 0.538. The predicted octanol–water partition coefficient (Wildman–Crippen LogP) is 1.91. The summed E-state index contributed by atoms with van der Waals surface area (Å²) in [5.74, 6) is 0.0215. The molecule has 96 valence electrons. The zero-order chi connectivity index (χ0) is 12.8. The second-order valence-corrected chi connectivity index (χ2v) is 5.89. The number of rotatable bonds is 1. The zero-order valence-electron chi connectivity index (χ0n) is 10.3. The van der Waals surface area contributed by atoms with Crippen LogP contribution in [0.25, 0.3) is 0 Å². The van der Waals surface area contributed by atoms with Crippen molar-refractivity contribution in [2.75, 3.05) is 4.90 Å². The molecule has 0 bridgehead atoms. The molecule has 2 heterocycles. The summed E-state index contributed by atoms with van der Waals surface area (Å²) in [6, 6.07) is 1.48. The first-order chi connectivity index (χ1) is 8.64. The summed E-state index contributed by atoms with van der Waals surface area (Å²) in [7, 11) is 0. The number of thiophene rings is 1. The van der Waals surface area contributed by atoms with E-state index in [0.717, 1.165) is 31.4 Å². The van der Waals surface area contributed by atoms with E-state index in [2.05, 4.69) is 5.32 Å². The lowest BCUT2D eigenvalue weighted by Gasteiger charge is -2.42. The smallest absolute Gasteiger partial charge is 0.253 e. The van der Waals surface area contributed by atoms with Crippen LogP contribution in [0, 0.1) is 0 Å². The minimum atomic E-state index is -0.633. The van der Waals surface area contributed by atoms with Gasteiger partial charge in [-0.2, -0.15) is 11.3 Å². The van der Waals surface area contributed by atoms with Crippen molar-refractivity contribution in [2.45, 2.75) is 44.2 Å². The average Bonchev–Trinajstić information content (AvgIpc) is 2.99. The molecule has 5 heteroatoms. The Morgan fingerprint density at radius 2 is 2.11 bits per heavy atom. The molecule has 2 fully saturated rings. The van der Waals surface area contributed by atoms with Crippen LogP contribution in [0.1, 0.15) is 32.6 Å². The van der Waals surface area contributed by atoms with Crippen molar-refractivity contribution in [2.24, 2.45) is 0 Å². The van der Waals surface area contributed by atoms with E-state index in [1.54, 1.807) is 23.2 Å². The number of anilines is 1. The number of nitrogens with one attached hydrogen (secondary N) is 1. The first-order valence-electron chi connectivity index (χ1n) is 6.32. The van der Waals surface area contributed by atoms with E-state index in [9.17, 15) is 9.59 Å². The third-order valence-electron chi connectivity index (χ3n) is 4.00. The van der Waals surface area contributed by atoms with E-state index in [1.807, 2.05) is 16.8 Å². The second kappa shape index (κ2) is 4.09. The van der Waals surface area contributed by atoms with E-state index in [4.69, 9.17) is 0 Å². The Bertz CT molecular complexity index is 477. The van der Waals surface area contributed by atoms with Gasteiger partial charge in [-0.15, -0.1) is 0 Å². The molecule has 1 aliphatic carbocycles. The Hall–Kier alpha value is -1.36. The van der Waals surface area contributed by atoms with Gasteiger partial charge in [0.15, 0.2) is 0 Å². The Kier molecular flexibility index (Phi) is 2.66. The summed E-state index contributed by atoms with van der Waals surface area (Å²) in [6.45, 7) is 1.78. The van der Waals surface area contributed by atoms with Gasteiger partial charge in [-0.1, -0.05) is 12.8 Å². The normalized spacial score (nSPS) is 26.7. The summed E-state index contributed by atoms with van der Waals surface area (Å²) in [6.07, 6.45) is 3.56. The molecule has 1 saturated carbocycles. The topological polar surface area (TPSA) is 49.4 Å². The molecular weight excluding hydrogens is 248 g/mol. The van der Waals surface area contributed by atoms with E-state index in [-0.39, 0.29) is 11.8 Å². The van der Waals surface area contributed by atoms with Gasteiger partial charge in [0.1, 0.15) is 11.6 Å². The quantitative estimate of drug-likeness (QED) is 0.842. The molecule has 1 atom stereocenters. The Morgan fingerprint density at radius 1 is 1.39 bits per heavy atom. The van der Waals surface area contributed by atoms with E-state index < -0.39 is 11.6 Å². The third-order valence-corrected chi connectivity index (χ3v) is 4.67. The van der Waals surface area contributed by atoms with Crippen molar-refractivity contribution < 1.29 is 9.59 Å². The lowest BCUT2D eigenvalue weighted by Crippen LogP contribution is -2.69. The highest BCUT2D eigenvalue weighted by Crippen LogP contribution is 2.36. The molecule has 1 N–H and O–H groups in total. The van der Waals surface area contributed by atoms with Gasteiger partial charge in [0.25, 0.3) is 5.91 Å². The van der Waals surface area contributed by atoms with Crippen LogP contribution in [-0.4, -0.2) is 23.4 Å². The summed E-state index contributed by atoms with van der Waals surface area (Å²) in [4.78, 5) is 26.5. The summed E-state index contributed by atoms with van der Waals surface area (Å²) in [5.41, 5.74) is 0.213. The molecule has 0 aromatic carbocycles. The number of nitrogens with zero attached hydrogens (tertiary/aromatic N) is 1. The molecular formula is C13H16N2O2S. The van der Waals surface area contributed by atoms with Crippen molar-refractivity contribution in [3.05, 3.63) is 16.8 Å². The molecule has 18 heavy (non-hydrogen) atoms. The van der Waals surface area contributed by atoms with Crippen LogP contribution in [0.5, 0.6) is 0 Å². The minimum Gasteiger partial charge on any atom is -0.340 e. The fourth-order valence-corrected chi connectivity index (χ4v) is 3.60. The van der Waals surface area contributed by atoms with Crippen LogP contribution in [0.3, 0.4) is 0 Å². The molecule has 1 aromatic heterocycles. The number of hydrogen-bond acceptors (Lipinski definition) is 3. The van der Waals surface area contributed by atoms with Gasteiger partial charge in [-0.25, -0.2) is 0 Å². The summed E-state index contributed by atoms with van der Waals surface area (Å²) >= 11 is 1.54. The van der Waals surface area contributed by atoms with Crippen molar-refractivity contribution >= 4 is 28.8 Å². The number of hydrogen-bond donors (Lipinski definition) is 1. The second-order valence-electron chi connectivity index (χ2n) is 5.11. The molecule has 3 rings (SSSR count). The Labute approximate surface area is 110 Å². The molecule has 1 saturated heterocycles. The molecule has 1 unspecified atom stereocenters. The maximum Gasteiger partial charge on any atom is 0.253 e. The van der Waals surface area contributed by atoms with E-state index >= 15 is 0 Å². The largest absolute Gasteiger partial charge is 0.340 e. The van der Waals surface area contributed by atoms with Crippen LogP contribution in [-0.2, 0) is 9.59 Å². The highest BCUT2D eigenvalue weighted by atomic mass is 32.1. The van der Waals surface area contributed by atoms with Crippen molar-refractivity contribution in [1.82, 2.24) is 5.32 Å². The van der Waals surface area contributed by atoms with Gasteiger partial charge >= 0.3 is 0 Å². The molecule has 1 aromatic rings. The Balaban J connectivity index is 2.00. The van der Waals surface area contributed by atoms with Crippen LogP contribution in [0.4, 0.5) is 5.69 Å². The lowest BCUT2D eigenvalue weighted by atomic mass is 9.91. The predicted molar refractivity (Wildman–Crippen MR) is 70.6 cm³/mol. The molecule has 1 spiro atoms. The Morgan fingerprint density at radius 3 is 2.72 bits per heavy atom. The number of carbonyl (C=O) groups excluding carboxylic acids is 2. The van der Waals surface area contributed by atoms with Crippen molar-refractivity contribution in [1.29, 1.82) is 0 Å². The molecule has 0 radical (unpaired) electrons. The first kappa shape index (κ1) is 11.7. The summed E-state index contributed by atoms with van der Waals surface area (Å²) in [5, 5.41) is 6.82. The van der Waals surface area contributed by atoms with Gasteiger partial charge < -0.3 is 5.32 Å². The van der Waals surface area contributed by atoms with Gasteiger partial charge in [0.05, 0.1) is 5.69 Å². The van der Waals surface area contributed by atoms with Gasteiger partial charge in [-0.05, 0) is 31.2 Å². The van der Waals surface area contributed by atoms with Gasteiger partial charge in [0.2, 0.25) is 5.91 Å². The van der Waals surface area contributed by atoms with E-state index in [1.165, 1.54) is 0 Å². The highest BCUT2D eigenvalue weighted by molar-refractivity contribution is 7.08. The average molecular weight is 264 g/mol. The maximum atomic E-state index is 12.7. The number of amides is 2. The third kappa shape index (κ3) is 1.57. The number of carbonyl (C=O) groups is 2. The first-order valence-corrected chi connectivity index (χ1v) is 7.26. The van der Waals surface area contributed by atoms with E-state index in [0.29, 0.717) is 0 Å². The van der Waals surface area contributed by atoms with Crippen molar-refractivity contribution in [3.63, 3.8) is 0 Å². The SMILES string of the molecule is CC1C(=O)NC2(CCCC2)C(=O)N1c1ccsc1. The van der Waals surface area contributed by atoms with Crippen LogP contribution >= 0.6 is 11.3 Å². The zero-order valence-corrected chi connectivity index (χ0v) is 11.1. The van der Waals surface area contributed by atoms with Crippen LogP contribution in [0.2, 0.25) is 0 Å². The molecule has 1 aliphatic heterocycles. The van der Waals surface area contributed by atoms with Crippen LogP contribution < -0.4 is 10.2 Å². The standard InChI is InChI=1S/C13H16N2O2S/c1-9-11(16)14-13(5-2-3-6-13)12(17)15(9)10-4-7-18-8-10/h4,7-9H,2-3,5-6H2,1H3,(H,14,16).